The van der Waals surface area contributed by atoms with Crippen molar-refractivity contribution in [1.29, 1.82) is 0 Å². The Kier molecular flexibility index (Phi) is 4.61. The third-order valence-electron chi connectivity index (χ3n) is 3.15. The van der Waals surface area contributed by atoms with E-state index in [9.17, 15) is 8.42 Å². The lowest BCUT2D eigenvalue weighted by molar-refractivity contribution is 0.409. The van der Waals surface area contributed by atoms with E-state index in [-0.39, 0.29) is 18.0 Å². The van der Waals surface area contributed by atoms with E-state index in [1.807, 2.05) is 0 Å². The molecule has 2 rings (SSSR count). The fraction of sp³-hybridized carbons (Fsp3) is 0.308. The molecular weight excluding hydrogens is 292 g/mol. The second kappa shape index (κ2) is 6.25. The summed E-state index contributed by atoms with van der Waals surface area (Å²) in [6.45, 7) is 0.372. The molecular formula is C13H18N4O3S. The number of rotatable bonds is 6. The molecule has 1 aromatic carbocycles. The molecule has 2 aromatic rings. The van der Waals surface area contributed by atoms with Crippen molar-refractivity contribution in [2.45, 2.75) is 18.0 Å². The molecule has 0 bridgehead atoms. The Morgan fingerprint density at radius 1 is 1.38 bits per heavy atom. The van der Waals surface area contributed by atoms with E-state index in [0.29, 0.717) is 11.3 Å². The standard InChI is InChI=1S/C13H18N4O3S/c1-17-11(5-6-15-17)9-16-21(18,19)12-3-4-13(20-2)10(7-12)8-14/h3-7,16H,8-9,14H2,1-2H3. The van der Waals surface area contributed by atoms with Gasteiger partial charge in [-0.15, -0.1) is 0 Å². The molecule has 7 nitrogen and oxygen atoms in total. The van der Waals surface area contributed by atoms with Gasteiger partial charge in [0.25, 0.3) is 0 Å². The summed E-state index contributed by atoms with van der Waals surface area (Å²) in [5, 5.41) is 3.99. The summed E-state index contributed by atoms with van der Waals surface area (Å²) in [6, 6.07) is 6.36. The lowest BCUT2D eigenvalue weighted by Gasteiger charge is -2.11. The molecule has 1 aromatic heterocycles. The van der Waals surface area contributed by atoms with Gasteiger partial charge in [0.05, 0.1) is 24.2 Å². The normalized spacial score (nSPS) is 11.6. The molecule has 0 fully saturated rings. The van der Waals surface area contributed by atoms with Crippen LogP contribution in [-0.4, -0.2) is 25.3 Å². The van der Waals surface area contributed by atoms with Crippen LogP contribution in [0.3, 0.4) is 0 Å². The number of hydrogen-bond acceptors (Lipinski definition) is 5. The topological polar surface area (TPSA) is 99.2 Å². The first-order valence-electron chi connectivity index (χ1n) is 6.31. The molecule has 0 spiro atoms. The summed E-state index contributed by atoms with van der Waals surface area (Å²) in [6.07, 6.45) is 1.61. The number of aromatic nitrogens is 2. The minimum absolute atomic E-state index is 0.158. The summed E-state index contributed by atoms with van der Waals surface area (Å²) >= 11 is 0. The van der Waals surface area contributed by atoms with Crippen molar-refractivity contribution in [3.63, 3.8) is 0 Å². The number of benzene rings is 1. The fourth-order valence-electron chi connectivity index (χ4n) is 1.91. The van der Waals surface area contributed by atoms with Gasteiger partial charge >= 0.3 is 0 Å². The second-order valence-electron chi connectivity index (χ2n) is 4.45. The maximum atomic E-state index is 12.3. The van der Waals surface area contributed by atoms with E-state index in [0.717, 1.165) is 5.69 Å². The molecule has 0 aliphatic rings. The Morgan fingerprint density at radius 2 is 2.14 bits per heavy atom. The minimum Gasteiger partial charge on any atom is -0.496 e. The average molecular weight is 310 g/mol. The van der Waals surface area contributed by atoms with Crippen LogP contribution in [0.25, 0.3) is 0 Å². The van der Waals surface area contributed by atoms with E-state index >= 15 is 0 Å². The Labute approximate surface area is 123 Å². The lowest BCUT2D eigenvalue weighted by atomic mass is 10.2. The van der Waals surface area contributed by atoms with Gasteiger partial charge in [-0.1, -0.05) is 0 Å². The van der Waals surface area contributed by atoms with Gasteiger partial charge in [-0.3, -0.25) is 4.68 Å². The highest BCUT2D eigenvalue weighted by Crippen LogP contribution is 2.22. The second-order valence-corrected chi connectivity index (χ2v) is 6.22. The molecule has 0 unspecified atom stereocenters. The monoisotopic (exact) mass is 310 g/mol. The maximum Gasteiger partial charge on any atom is 0.240 e. The first-order chi connectivity index (χ1) is 9.97. The quantitative estimate of drug-likeness (QED) is 0.803. The van der Waals surface area contributed by atoms with Crippen LogP contribution in [0.1, 0.15) is 11.3 Å². The minimum atomic E-state index is -3.61. The summed E-state index contributed by atoms with van der Waals surface area (Å²) in [5.41, 5.74) is 7.01. The van der Waals surface area contributed by atoms with Crippen molar-refractivity contribution < 1.29 is 13.2 Å². The van der Waals surface area contributed by atoms with E-state index < -0.39 is 10.0 Å². The molecule has 0 atom stereocenters. The molecule has 0 saturated heterocycles. The largest absolute Gasteiger partial charge is 0.496 e. The van der Waals surface area contributed by atoms with Crippen molar-refractivity contribution in [1.82, 2.24) is 14.5 Å². The molecule has 21 heavy (non-hydrogen) atoms. The molecule has 0 radical (unpaired) electrons. The molecule has 8 heteroatoms. The molecule has 1 heterocycles. The van der Waals surface area contributed by atoms with Crippen molar-refractivity contribution in [2.24, 2.45) is 12.8 Å². The first kappa shape index (κ1) is 15.5. The summed E-state index contributed by atoms with van der Waals surface area (Å²) < 4.78 is 33.8. The molecule has 3 N–H and O–H groups in total. The molecule has 0 saturated carbocycles. The van der Waals surface area contributed by atoms with E-state index in [1.165, 1.54) is 19.2 Å². The van der Waals surface area contributed by atoms with Gasteiger partial charge in [-0.05, 0) is 24.3 Å². The fourth-order valence-corrected chi connectivity index (χ4v) is 2.96. The zero-order valence-corrected chi connectivity index (χ0v) is 12.7. The number of nitrogens with one attached hydrogen (secondary N) is 1. The molecule has 0 aliphatic heterocycles. The zero-order chi connectivity index (χ0) is 15.5. The van der Waals surface area contributed by atoms with Gasteiger partial charge < -0.3 is 10.5 Å². The third-order valence-corrected chi connectivity index (χ3v) is 4.55. The smallest absolute Gasteiger partial charge is 0.240 e. The van der Waals surface area contributed by atoms with Gasteiger partial charge in [0.1, 0.15) is 5.75 Å². The van der Waals surface area contributed by atoms with Gasteiger partial charge in [-0.25, -0.2) is 13.1 Å². The van der Waals surface area contributed by atoms with Crippen LogP contribution in [-0.2, 0) is 30.2 Å². The van der Waals surface area contributed by atoms with Crippen LogP contribution < -0.4 is 15.2 Å². The number of nitrogens with zero attached hydrogens (tertiary/aromatic N) is 2. The summed E-state index contributed by atoms with van der Waals surface area (Å²) in [7, 11) is -0.342. The summed E-state index contributed by atoms with van der Waals surface area (Å²) in [4.78, 5) is 0.158. The van der Waals surface area contributed by atoms with E-state index in [1.54, 1.807) is 30.1 Å². The highest BCUT2D eigenvalue weighted by atomic mass is 32.2. The van der Waals surface area contributed by atoms with Crippen LogP contribution >= 0.6 is 0 Å². The predicted molar refractivity (Wildman–Crippen MR) is 78.1 cm³/mol. The van der Waals surface area contributed by atoms with Crippen molar-refractivity contribution in [3.05, 3.63) is 41.7 Å². The number of sulfonamides is 1. The van der Waals surface area contributed by atoms with Gasteiger partial charge in [0, 0.05) is 25.4 Å². The average Bonchev–Trinajstić information content (AvgIpc) is 2.89. The number of nitrogens with two attached hydrogens (primary N) is 1. The van der Waals surface area contributed by atoms with E-state index in [4.69, 9.17) is 10.5 Å². The van der Waals surface area contributed by atoms with Crippen LogP contribution in [0.15, 0.2) is 35.4 Å². The first-order valence-corrected chi connectivity index (χ1v) is 7.80. The molecule has 0 aliphatic carbocycles. The SMILES string of the molecule is COc1ccc(S(=O)(=O)NCc2ccnn2C)cc1CN. The maximum absolute atomic E-state index is 12.3. The summed E-state index contributed by atoms with van der Waals surface area (Å²) in [5.74, 6) is 0.572. The number of hydrogen-bond donors (Lipinski definition) is 2. The van der Waals surface area contributed by atoms with Crippen molar-refractivity contribution in [3.8, 4) is 5.75 Å². The number of aryl methyl sites for hydroxylation is 1. The van der Waals surface area contributed by atoms with Crippen molar-refractivity contribution in [2.75, 3.05) is 7.11 Å². The lowest BCUT2D eigenvalue weighted by Crippen LogP contribution is -2.24. The zero-order valence-electron chi connectivity index (χ0n) is 11.9. The highest BCUT2D eigenvalue weighted by Gasteiger charge is 2.16. The Bertz CT molecular complexity index is 725. The third kappa shape index (κ3) is 3.41. The van der Waals surface area contributed by atoms with Gasteiger partial charge in [-0.2, -0.15) is 5.10 Å². The number of methoxy groups -OCH3 is 1. The Morgan fingerprint density at radius 3 is 2.71 bits per heavy atom. The van der Waals surface area contributed by atoms with Gasteiger partial charge in [0.2, 0.25) is 10.0 Å². The Hall–Kier alpha value is -1.90. The van der Waals surface area contributed by atoms with E-state index in [2.05, 4.69) is 9.82 Å². The van der Waals surface area contributed by atoms with Crippen LogP contribution in [0.2, 0.25) is 0 Å². The molecule has 114 valence electrons. The van der Waals surface area contributed by atoms with Crippen LogP contribution in [0.4, 0.5) is 0 Å². The van der Waals surface area contributed by atoms with Crippen molar-refractivity contribution >= 4 is 10.0 Å². The number of ether oxygens (including phenoxy) is 1. The van der Waals surface area contributed by atoms with Gasteiger partial charge in [0.15, 0.2) is 0 Å². The van der Waals surface area contributed by atoms with Crippen LogP contribution in [0, 0.1) is 0 Å². The Balaban J connectivity index is 2.21. The molecule has 0 amide bonds. The predicted octanol–water partition coefficient (Wildman–Crippen LogP) is 0.366. The van der Waals surface area contributed by atoms with Crippen LogP contribution in [0.5, 0.6) is 5.75 Å². The highest BCUT2D eigenvalue weighted by molar-refractivity contribution is 7.89.